The van der Waals surface area contributed by atoms with Gasteiger partial charge in [0.05, 0.1) is 5.69 Å². The van der Waals surface area contributed by atoms with E-state index >= 15 is 0 Å². The monoisotopic (exact) mass is 333 g/mol. The minimum Gasteiger partial charge on any atom is -0.504 e. The van der Waals surface area contributed by atoms with Crippen LogP contribution in [0.4, 0.5) is 5.69 Å². The predicted molar refractivity (Wildman–Crippen MR) is 83.2 cm³/mol. The summed E-state index contributed by atoms with van der Waals surface area (Å²) in [6.45, 7) is 0. The zero-order valence-electron chi connectivity index (χ0n) is 11.7. The van der Waals surface area contributed by atoms with Crippen LogP contribution < -0.4 is 4.90 Å². The highest BCUT2D eigenvalue weighted by Gasteiger charge is 2.39. The van der Waals surface area contributed by atoms with Crippen molar-refractivity contribution in [3.05, 3.63) is 52.5 Å². The lowest BCUT2D eigenvalue weighted by molar-refractivity contribution is -0.138. The Morgan fingerprint density at radius 3 is 2.30 bits per heavy atom. The largest absolute Gasteiger partial charge is 0.504 e. The Morgan fingerprint density at radius 1 is 1.09 bits per heavy atom. The van der Waals surface area contributed by atoms with Crippen molar-refractivity contribution in [1.82, 2.24) is 0 Å². The van der Waals surface area contributed by atoms with Gasteiger partial charge in [-0.3, -0.25) is 9.69 Å². The minimum atomic E-state index is -1.16. The molecule has 118 valence electrons. The first kappa shape index (κ1) is 15.2. The normalized spacial score (nSPS) is 16.2. The third kappa shape index (κ3) is 2.57. The maximum absolute atomic E-state index is 12.7. The number of phenols is 2. The molecule has 0 bridgehead atoms. The van der Waals surface area contributed by atoms with E-state index in [0.717, 1.165) is 4.90 Å². The molecule has 0 fully saturated rings. The highest BCUT2D eigenvalue weighted by molar-refractivity contribution is 6.30. The zero-order valence-corrected chi connectivity index (χ0v) is 12.5. The number of benzene rings is 2. The lowest BCUT2D eigenvalue weighted by Crippen LogP contribution is -2.42. The molecule has 1 amide bonds. The van der Waals surface area contributed by atoms with Crippen LogP contribution in [0.3, 0.4) is 0 Å². The number of amides is 1. The molecule has 1 atom stereocenters. The van der Waals surface area contributed by atoms with E-state index in [1.807, 2.05) is 0 Å². The van der Waals surface area contributed by atoms with Crippen LogP contribution in [0.5, 0.6) is 11.5 Å². The van der Waals surface area contributed by atoms with Gasteiger partial charge in [0.2, 0.25) is 0 Å². The van der Waals surface area contributed by atoms with Gasteiger partial charge in [0.1, 0.15) is 6.04 Å². The van der Waals surface area contributed by atoms with Crippen molar-refractivity contribution >= 4 is 29.2 Å². The first-order valence-electron chi connectivity index (χ1n) is 6.75. The quantitative estimate of drug-likeness (QED) is 0.733. The van der Waals surface area contributed by atoms with Crippen molar-refractivity contribution in [3.63, 3.8) is 0 Å². The fourth-order valence-corrected chi connectivity index (χ4v) is 2.77. The van der Waals surface area contributed by atoms with Crippen molar-refractivity contribution in [2.45, 2.75) is 12.5 Å². The van der Waals surface area contributed by atoms with Gasteiger partial charge in [-0.25, -0.2) is 4.79 Å². The average molecular weight is 334 g/mol. The second-order valence-electron chi connectivity index (χ2n) is 5.21. The number of rotatable bonds is 2. The van der Waals surface area contributed by atoms with Crippen molar-refractivity contribution < 1.29 is 24.9 Å². The highest BCUT2D eigenvalue weighted by Crippen LogP contribution is 2.40. The molecule has 0 spiro atoms. The first-order valence-corrected chi connectivity index (χ1v) is 7.13. The molecule has 0 aliphatic carbocycles. The van der Waals surface area contributed by atoms with Crippen LogP contribution in [0.1, 0.15) is 15.9 Å². The molecule has 0 radical (unpaired) electrons. The number of aromatic hydroxyl groups is 2. The van der Waals surface area contributed by atoms with Crippen LogP contribution in [0, 0.1) is 0 Å². The summed E-state index contributed by atoms with van der Waals surface area (Å²) in [5.41, 5.74) is 1.03. The molecule has 0 saturated carbocycles. The summed E-state index contributed by atoms with van der Waals surface area (Å²) < 4.78 is 0. The number of phenolic OH excluding ortho intramolecular Hbond substituents is 2. The Balaban J connectivity index is 2.08. The Kier molecular flexibility index (Phi) is 3.61. The molecule has 23 heavy (non-hydrogen) atoms. The van der Waals surface area contributed by atoms with E-state index in [0.29, 0.717) is 10.6 Å². The van der Waals surface area contributed by atoms with Crippen LogP contribution in [0.2, 0.25) is 5.02 Å². The van der Waals surface area contributed by atoms with E-state index < -0.39 is 23.7 Å². The van der Waals surface area contributed by atoms with Crippen molar-refractivity contribution in [1.29, 1.82) is 0 Å². The lowest BCUT2D eigenvalue weighted by Gasteiger charge is -2.23. The number of nitrogens with zero attached hydrogens (tertiary/aromatic N) is 1. The zero-order chi connectivity index (χ0) is 16.7. The van der Waals surface area contributed by atoms with Crippen LogP contribution in [0.25, 0.3) is 0 Å². The van der Waals surface area contributed by atoms with Crippen molar-refractivity contribution in [3.8, 4) is 11.5 Å². The first-order chi connectivity index (χ1) is 10.9. The van der Waals surface area contributed by atoms with Gasteiger partial charge in [-0.1, -0.05) is 11.6 Å². The topological polar surface area (TPSA) is 98.1 Å². The molecule has 0 saturated heterocycles. The fraction of sp³-hybridized carbons (Fsp3) is 0.125. The summed E-state index contributed by atoms with van der Waals surface area (Å²) in [6.07, 6.45) is 0.0534. The highest BCUT2D eigenvalue weighted by atomic mass is 35.5. The molecule has 1 aliphatic rings. The number of fused-ring (bicyclic) bond motifs is 1. The standard InChI is InChI=1S/C16H12ClNO5/c17-10-3-1-8(2-4-10)15(21)18-11-7-14(20)13(19)6-9(11)5-12(18)16(22)23/h1-4,6-7,12,19-20H,5H2,(H,22,23). The van der Waals surface area contributed by atoms with Crippen molar-refractivity contribution in [2.75, 3.05) is 4.90 Å². The second kappa shape index (κ2) is 5.48. The number of carboxylic acids is 1. The average Bonchev–Trinajstić information content (AvgIpc) is 2.86. The molecular formula is C16H12ClNO5. The third-order valence-corrected chi connectivity index (χ3v) is 4.01. The van der Waals surface area contributed by atoms with Crippen molar-refractivity contribution in [2.24, 2.45) is 0 Å². The molecule has 0 aromatic heterocycles. The third-order valence-electron chi connectivity index (χ3n) is 3.76. The second-order valence-corrected chi connectivity index (χ2v) is 5.65. The summed E-state index contributed by atoms with van der Waals surface area (Å²) in [5, 5.41) is 29.1. The molecule has 1 unspecified atom stereocenters. The smallest absolute Gasteiger partial charge is 0.327 e. The Morgan fingerprint density at radius 2 is 1.70 bits per heavy atom. The van der Waals surface area contributed by atoms with E-state index in [9.17, 15) is 24.9 Å². The molecule has 6 nitrogen and oxygen atoms in total. The molecule has 3 rings (SSSR count). The number of carboxylic acid groups (broad SMARTS) is 1. The van der Waals surface area contributed by atoms with Gasteiger partial charge in [0, 0.05) is 23.1 Å². The summed E-state index contributed by atoms with van der Waals surface area (Å²) in [5.74, 6) is -2.45. The van der Waals surface area contributed by atoms with E-state index in [4.69, 9.17) is 11.6 Å². The molecule has 2 aromatic carbocycles. The van der Waals surface area contributed by atoms with Crippen LogP contribution >= 0.6 is 11.6 Å². The van der Waals surface area contributed by atoms with Gasteiger partial charge >= 0.3 is 5.97 Å². The fourth-order valence-electron chi connectivity index (χ4n) is 2.64. The number of hydrogen-bond acceptors (Lipinski definition) is 4. The van der Waals surface area contributed by atoms with E-state index in [1.54, 1.807) is 0 Å². The Hall–Kier alpha value is -2.73. The summed E-state index contributed by atoms with van der Waals surface area (Å²) >= 11 is 5.79. The van der Waals surface area contributed by atoms with Gasteiger partial charge in [0.15, 0.2) is 11.5 Å². The summed E-state index contributed by atoms with van der Waals surface area (Å²) in [7, 11) is 0. The number of anilines is 1. The molecule has 3 N–H and O–H groups in total. The molecule has 7 heteroatoms. The van der Waals surface area contributed by atoms with Crippen LogP contribution in [-0.2, 0) is 11.2 Å². The van der Waals surface area contributed by atoms with Crippen LogP contribution in [-0.4, -0.2) is 33.2 Å². The maximum atomic E-state index is 12.7. The lowest BCUT2D eigenvalue weighted by atomic mass is 10.1. The van der Waals surface area contributed by atoms with Gasteiger partial charge < -0.3 is 15.3 Å². The number of halogens is 1. The molecule has 1 aliphatic heterocycles. The maximum Gasteiger partial charge on any atom is 0.327 e. The molecular weight excluding hydrogens is 322 g/mol. The van der Waals surface area contributed by atoms with Gasteiger partial charge in [-0.15, -0.1) is 0 Å². The number of hydrogen-bond donors (Lipinski definition) is 3. The summed E-state index contributed by atoms with van der Waals surface area (Å²) in [4.78, 5) is 25.3. The van der Waals surface area contributed by atoms with E-state index in [-0.39, 0.29) is 23.4 Å². The number of carbonyl (C=O) groups is 2. The van der Waals surface area contributed by atoms with Crippen LogP contribution in [0.15, 0.2) is 36.4 Å². The number of carbonyl (C=O) groups excluding carboxylic acids is 1. The molecule has 1 heterocycles. The SMILES string of the molecule is O=C(O)C1Cc2cc(O)c(O)cc2N1C(=O)c1ccc(Cl)cc1. The van der Waals surface area contributed by atoms with Gasteiger partial charge in [0.25, 0.3) is 5.91 Å². The Labute approximate surface area is 136 Å². The minimum absolute atomic E-state index is 0.0534. The van der Waals surface area contributed by atoms with Gasteiger partial charge in [-0.05, 0) is 35.9 Å². The van der Waals surface area contributed by atoms with E-state index in [2.05, 4.69) is 0 Å². The van der Waals surface area contributed by atoms with E-state index in [1.165, 1.54) is 36.4 Å². The predicted octanol–water partition coefficient (Wildman–Crippen LogP) is 2.41. The number of aliphatic carboxylic acids is 1. The molecule has 2 aromatic rings. The van der Waals surface area contributed by atoms with Gasteiger partial charge in [-0.2, -0.15) is 0 Å². The summed E-state index contributed by atoms with van der Waals surface area (Å²) in [6, 6.07) is 7.45. The Bertz CT molecular complexity index is 803.